The van der Waals surface area contributed by atoms with Crippen LogP contribution in [0.1, 0.15) is 71.1 Å². The number of ether oxygens (including phenoxy) is 1. The van der Waals surface area contributed by atoms with E-state index in [4.69, 9.17) is 9.29 Å². The normalized spacial score (nSPS) is 12.9. The fraction of sp³-hybridized carbons (Fsp3) is 0.636. The number of nitrogens with zero attached hydrogens (tertiary/aromatic N) is 1. The highest BCUT2D eigenvalue weighted by molar-refractivity contribution is 7.79. The predicted octanol–water partition coefficient (Wildman–Crippen LogP) is 4.62. The van der Waals surface area contributed by atoms with Gasteiger partial charge in [-0.3, -0.25) is 4.79 Å². The molecule has 0 heterocycles. The van der Waals surface area contributed by atoms with Crippen LogP contribution in [-0.4, -0.2) is 44.6 Å². The van der Waals surface area contributed by atoms with Crippen LogP contribution < -0.4 is 9.64 Å². The Morgan fingerprint density at radius 3 is 2.27 bits per heavy atom. The molecule has 7 nitrogen and oxygen atoms in total. The van der Waals surface area contributed by atoms with Crippen LogP contribution >= 0.6 is 0 Å². The predicted molar refractivity (Wildman–Crippen MR) is 119 cm³/mol. The average Bonchev–Trinajstić information content (AvgIpc) is 2.71. The minimum Gasteiger partial charge on any atom is -0.479 e. The summed E-state index contributed by atoms with van der Waals surface area (Å²) in [5.41, 5.74) is 0.575. The van der Waals surface area contributed by atoms with Gasteiger partial charge in [0, 0.05) is 19.2 Å². The number of anilines is 1. The fourth-order valence-corrected chi connectivity index (χ4v) is 3.62. The van der Waals surface area contributed by atoms with Crippen molar-refractivity contribution in [3.05, 3.63) is 24.3 Å². The van der Waals surface area contributed by atoms with Crippen LogP contribution in [0.4, 0.5) is 5.69 Å². The van der Waals surface area contributed by atoms with Gasteiger partial charge in [-0.25, -0.2) is 9.00 Å². The number of carbonyl (C=O) groups excluding carboxylic acids is 1. The van der Waals surface area contributed by atoms with Crippen molar-refractivity contribution in [1.29, 1.82) is 0 Å². The number of aliphatic carboxylic acids is 1. The molecule has 0 aromatic heterocycles. The number of unbranched alkanes of at least 4 members (excludes halogenated alkanes) is 6. The van der Waals surface area contributed by atoms with Crippen molar-refractivity contribution in [3.8, 4) is 5.75 Å². The smallest absolute Gasteiger partial charge is 0.344 e. The Morgan fingerprint density at radius 1 is 1.07 bits per heavy atom. The van der Waals surface area contributed by atoms with Crippen molar-refractivity contribution in [2.24, 2.45) is 0 Å². The molecular formula is C22H35NO6S. The fourth-order valence-electron chi connectivity index (χ4n) is 3.17. The van der Waals surface area contributed by atoms with Crippen LogP contribution in [0, 0.1) is 0 Å². The van der Waals surface area contributed by atoms with Crippen LogP contribution in [0.15, 0.2) is 24.3 Å². The maximum absolute atomic E-state index is 12.6. The van der Waals surface area contributed by atoms with E-state index in [0.29, 0.717) is 36.5 Å². The van der Waals surface area contributed by atoms with E-state index in [9.17, 15) is 18.9 Å². The molecule has 1 aromatic rings. The first-order valence-corrected chi connectivity index (χ1v) is 12.0. The number of carboxylic acids is 1. The Kier molecular flexibility index (Phi) is 13.0. The summed E-state index contributed by atoms with van der Waals surface area (Å²) in [6.07, 6.45) is 7.20. The van der Waals surface area contributed by atoms with Crippen molar-refractivity contribution < 1.29 is 28.2 Å². The van der Waals surface area contributed by atoms with E-state index in [1.807, 2.05) is 6.92 Å². The number of amides is 1. The number of hydrogen-bond acceptors (Lipinski definition) is 4. The molecule has 0 aliphatic heterocycles. The van der Waals surface area contributed by atoms with E-state index in [-0.39, 0.29) is 5.91 Å². The van der Waals surface area contributed by atoms with E-state index >= 15 is 0 Å². The van der Waals surface area contributed by atoms with Crippen LogP contribution in [0.3, 0.4) is 0 Å². The van der Waals surface area contributed by atoms with Crippen molar-refractivity contribution in [1.82, 2.24) is 0 Å². The molecule has 0 spiro atoms. The Bertz CT molecular complexity index is 681. The largest absolute Gasteiger partial charge is 0.479 e. The Balaban J connectivity index is 2.44. The van der Waals surface area contributed by atoms with Gasteiger partial charge in [-0.15, -0.1) is 0 Å². The SMILES string of the molecule is CCCC(Oc1ccccc1N(C)C(=O)CCCCCCCCCS(=O)O)C(=O)O. The van der Waals surface area contributed by atoms with Gasteiger partial charge in [0.25, 0.3) is 0 Å². The molecule has 8 heteroatoms. The third-order valence-electron chi connectivity index (χ3n) is 4.91. The zero-order chi connectivity index (χ0) is 22.4. The minimum absolute atomic E-state index is 0.0289. The Hall–Kier alpha value is -1.93. The van der Waals surface area contributed by atoms with E-state index in [1.165, 1.54) is 4.90 Å². The van der Waals surface area contributed by atoms with Gasteiger partial charge in [-0.1, -0.05) is 57.6 Å². The lowest BCUT2D eigenvalue weighted by atomic mass is 10.1. The number of carboxylic acid groups (broad SMARTS) is 1. The molecule has 2 atom stereocenters. The molecule has 2 N–H and O–H groups in total. The highest BCUT2D eigenvalue weighted by Crippen LogP contribution is 2.29. The second-order valence-electron chi connectivity index (χ2n) is 7.40. The summed E-state index contributed by atoms with van der Waals surface area (Å²) in [6, 6.07) is 7.02. The van der Waals surface area contributed by atoms with Crippen molar-refractivity contribution in [2.45, 2.75) is 77.2 Å². The summed E-state index contributed by atoms with van der Waals surface area (Å²) in [4.78, 5) is 25.5. The zero-order valence-electron chi connectivity index (χ0n) is 18.0. The van der Waals surface area contributed by atoms with Gasteiger partial charge in [-0.2, -0.15) is 0 Å². The van der Waals surface area contributed by atoms with Gasteiger partial charge in [0.05, 0.1) is 5.69 Å². The highest BCUT2D eigenvalue weighted by atomic mass is 32.2. The molecule has 0 bridgehead atoms. The van der Waals surface area contributed by atoms with Crippen LogP contribution in [0.2, 0.25) is 0 Å². The van der Waals surface area contributed by atoms with Gasteiger partial charge in [0.2, 0.25) is 5.91 Å². The Morgan fingerprint density at radius 2 is 1.67 bits per heavy atom. The number of para-hydroxylation sites is 2. The molecule has 30 heavy (non-hydrogen) atoms. The van der Waals surface area contributed by atoms with E-state index < -0.39 is 23.2 Å². The molecule has 1 amide bonds. The molecule has 1 rings (SSSR count). The summed E-state index contributed by atoms with van der Waals surface area (Å²) in [5, 5.41) is 9.33. The molecule has 1 aromatic carbocycles. The first-order chi connectivity index (χ1) is 14.4. The monoisotopic (exact) mass is 441 g/mol. The molecule has 0 saturated carbocycles. The lowest BCUT2D eigenvalue weighted by Gasteiger charge is -2.23. The Labute approximate surface area is 182 Å². The van der Waals surface area contributed by atoms with Crippen LogP contribution in [-0.2, 0) is 20.7 Å². The zero-order valence-corrected chi connectivity index (χ0v) is 18.9. The van der Waals surface area contributed by atoms with E-state index in [2.05, 4.69) is 0 Å². The van der Waals surface area contributed by atoms with Gasteiger partial charge < -0.3 is 19.3 Å². The molecular weight excluding hydrogens is 406 g/mol. The van der Waals surface area contributed by atoms with Gasteiger partial charge in [0.15, 0.2) is 17.2 Å². The molecule has 0 aliphatic carbocycles. The first-order valence-electron chi connectivity index (χ1n) is 10.7. The molecule has 0 aliphatic rings. The van der Waals surface area contributed by atoms with Crippen molar-refractivity contribution >= 4 is 28.6 Å². The number of carbonyl (C=O) groups is 2. The van der Waals surface area contributed by atoms with Crippen molar-refractivity contribution in [2.75, 3.05) is 17.7 Å². The molecule has 2 unspecified atom stereocenters. The molecule has 170 valence electrons. The standard InChI is InChI=1S/C22H35NO6S/c1-3-13-20(22(25)26)29-19-15-11-10-14-18(19)23(2)21(24)16-9-7-5-4-6-8-12-17-30(27)28/h10-11,14-15,20H,3-9,12-13,16-17H2,1-2H3,(H,25,26)(H,27,28). The molecule has 0 radical (unpaired) electrons. The third-order valence-corrected chi connectivity index (χ3v) is 5.54. The highest BCUT2D eigenvalue weighted by Gasteiger charge is 2.22. The summed E-state index contributed by atoms with van der Waals surface area (Å²) in [7, 11) is 1.69. The number of rotatable bonds is 16. The van der Waals surface area contributed by atoms with Crippen molar-refractivity contribution in [3.63, 3.8) is 0 Å². The maximum atomic E-state index is 12.6. The summed E-state index contributed by atoms with van der Waals surface area (Å²) >= 11 is -1.69. The average molecular weight is 442 g/mol. The first kappa shape index (κ1) is 26.1. The summed E-state index contributed by atoms with van der Waals surface area (Å²) in [6.45, 7) is 1.90. The van der Waals surface area contributed by atoms with E-state index in [1.54, 1.807) is 31.3 Å². The molecule has 0 fully saturated rings. The van der Waals surface area contributed by atoms with Gasteiger partial charge in [0.1, 0.15) is 5.75 Å². The number of benzene rings is 1. The number of hydrogen-bond donors (Lipinski definition) is 2. The van der Waals surface area contributed by atoms with Gasteiger partial charge in [-0.05, 0) is 31.4 Å². The topological polar surface area (TPSA) is 104 Å². The third kappa shape index (κ3) is 10.2. The second-order valence-corrected chi connectivity index (χ2v) is 8.46. The summed E-state index contributed by atoms with van der Waals surface area (Å²) < 4.78 is 25.0. The van der Waals surface area contributed by atoms with Crippen LogP contribution in [0.5, 0.6) is 5.75 Å². The second kappa shape index (κ2) is 15.0. The van der Waals surface area contributed by atoms with Gasteiger partial charge >= 0.3 is 5.97 Å². The summed E-state index contributed by atoms with van der Waals surface area (Å²) in [5.74, 6) is -0.292. The quantitative estimate of drug-likeness (QED) is 0.286. The minimum atomic E-state index is -1.69. The van der Waals surface area contributed by atoms with Crippen LogP contribution in [0.25, 0.3) is 0 Å². The van der Waals surface area contributed by atoms with E-state index in [0.717, 1.165) is 44.9 Å². The molecule has 0 saturated heterocycles. The maximum Gasteiger partial charge on any atom is 0.344 e. The lowest BCUT2D eigenvalue weighted by Crippen LogP contribution is -2.30. The lowest BCUT2D eigenvalue weighted by molar-refractivity contribution is -0.145.